The van der Waals surface area contributed by atoms with Gasteiger partial charge in [-0.25, -0.2) is 9.18 Å². The molecule has 0 aliphatic heterocycles. The van der Waals surface area contributed by atoms with E-state index in [1.54, 1.807) is 12.1 Å². The molecule has 7 nitrogen and oxygen atoms in total. The van der Waals surface area contributed by atoms with Gasteiger partial charge in [-0.15, -0.1) is 5.10 Å². The van der Waals surface area contributed by atoms with E-state index in [-0.39, 0.29) is 18.4 Å². The predicted octanol–water partition coefficient (Wildman–Crippen LogP) is 1.80. The predicted molar refractivity (Wildman–Crippen MR) is 84.6 cm³/mol. The number of aromatic nitrogens is 4. The highest BCUT2D eigenvalue weighted by atomic mass is 19.1. The van der Waals surface area contributed by atoms with Gasteiger partial charge >= 0.3 is 6.03 Å². The van der Waals surface area contributed by atoms with Crippen LogP contribution in [-0.4, -0.2) is 26.2 Å². The molecule has 24 heavy (non-hydrogen) atoms. The molecule has 0 aliphatic carbocycles. The van der Waals surface area contributed by atoms with Gasteiger partial charge in [0.05, 0.1) is 12.2 Å². The van der Waals surface area contributed by atoms with Crippen molar-refractivity contribution >= 4 is 6.03 Å². The highest BCUT2D eigenvalue weighted by Crippen LogP contribution is 2.09. The molecule has 0 saturated heterocycles. The van der Waals surface area contributed by atoms with Crippen LogP contribution in [0.2, 0.25) is 0 Å². The number of amides is 2. The Morgan fingerprint density at radius 3 is 2.62 bits per heavy atom. The smallest absolute Gasteiger partial charge is 0.315 e. The molecule has 8 heteroatoms. The van der Waals surface area contributed by atoms with Crippen LogP contribution in [0, 0.1) is 5.82 Å². The Morgan fingerprint density at radius 2 is 1.83 bits per heavy atom. The summed E-state index contributed by atoms with van der Waals surface area (Å²) in [5.41, 5.74) is 1.48. The van der Waals surface area contributed by atoms with Crippen molar-refractivity contribution in [2.75, 3.05) is 0 Å². The van der Waals surface area contributed by atoms with Crippen molar-refractivity contribution in [3.05, 3.63) is 71.8 Å². The van der Waals surface area contributed by atoms with Crippen LogP contribution in [0.3, 0.4) is 0 Å². The number of rotatable bonds is 5. The summed E-state index contributed by atoms with van der Waals surface area (Å²) in [5, 5.41) is 16.6. The van der Waals surface area contributed by atoms with E-state index in [4.69, 9.17) is 0 Å². The molecule has 0 atom stereocenters. The number of urea groups is 1. The molecule has 2 N–H and O–H groups in total. The zero-order valence-electron chi connectivity index (χ0n) is 12.7. The number of carbonyl (C=O) groups excluding carboxylic acids is 1. The van der Waals surface area contributed by atoms with Crippen molar-refractivity contribution in [2.45, 2.75) is 13.1 Å². The van der Waals surface area contributed by atoms with Crippen molar-refractivity contribution in [2.24, 2.45) is 0 Å². The molecule has 3 rings (SSSR count). The maximum Gasteiger partial charge on any atom is 0.315 e. The summed E-state index contributed by atoms with van der Waals surface area (Å²) in [7, 11) is 0. The van der Waals surface area contributed by atoms with Gasteiger partial charge < -0.3 is 10.6 Å². The van der Waals surface area contributed by atoms with E-state index in [0.29, 0.717) is 18.1 Å². The molecule has 0 bridgehead atoms. The number of nitrogens with one attached hydrogen (secondary N) is 2. The number of carbonyl (C=O) groups is 1. The first kappa shape index (κ1) is 15.6. The largest absolute Gasteiger partial charge is 0.334 e. The van der Waals surface area contributed by atoms with Gasteiger partial charge in [0, 0.05) is 6.54 Å². The third-order valence-corrected chi connectivity index (χ3v) is 3.29. The molecule has 0 fully saturated rings. The molecule has 2 amide bonds. The van der Waals surface area contributed by atoms with Crippen molar-refractivity contribution in [3.63, 3.8) is 0 Å². The van der Waals surface area contributed by atoms with Crippen LogP contribution in [0.5, 0.6) is 0 Å². The number of tetrazole rings is 1. The zero-order valence-corrected chi connectivity index (χ0v) is 12.7. The first-order chi connectivity index (χ1) is 11.7. The second kappa shape index (κ2) is 7.32. The fourth-order valence-electron chi connectivity index (χ4n) is 2.12. The molecule has 0 spiro atoms. The first-order valence-electron chi connectivity index (χ1n) is 7.31. The Balaban J connectivity index is 1.57. The van der Waals surface area contributed by atoms with Gasteiger partial charge in [-0.05, 0) is 34.2 Å². The van der Waals surface area contributed by atoms with E-state index < -0.39 is 0 Å². The SMILES string of the molecule is O=C(NCc1ccccc1)NCc1nnnn1-c1cccc(F)c1. The summed E-state index contributed by atoms with van der Waals surface area (Å²) < 4.78 is 14.7. The molecule has 122 valence electrons. The minimum Gasteiger partial charge on any atom is -0.334 e. The molecule has 0 aliphatic rings. The van der Waals surface area contributed by atoms with Crippen LogP contribution in [0.1, 0.15) is 11.4 Å². The molecular weight excluding hydrogens is 311 g/mol. The summed E-state index contributed by atoms with van der Waals surface area (Å²) in [6.45, 7) is 0.533. The molecule has 0 radical (unpaired) electrons. The van der Waals surface area contributed by atoms with E-state index in [9.17, 15) is 9.18 Å². The van der Waals surface area contributed by atoms with Crippen LogP contribution < -0.4 is 10.6 Å². The molecule has 3 aromatic rings. The van der Waals surface area contributed by atoms with E-state index in [0.717, 1.165) is 5.56 Å². The minimum absolute atomic E-state index is 0.115. The summed E-state index contributed by atoms with van der Waals surface area (Å²) in [4.78, 5) is 11.9. The number of benzene rings is 2. The molecule has 1 aromatic heterocycles. The molecule has 2 aromatic carbocycles. The second-order valence-electron chi connectivity index (χ2n) is 5.01. The highest BCUT2D eigenvalue weighted by Gasteiger charge is 2.10. The van der Waals surface area contributed by atoms with Gasteiger partial charge in [0.15, 0.2) is 5.82 Å². The van der Waals surface area contributed by atoms with Crippen LogP contribution in [0.15, 0.2) is 54.6 Å². The first-order valence-corrected chi connectivity index (χ1v) is 7.31. The van der Waals surface area contributed by atoms with Crippen LogP contribution >= 0.6 is 0 Å². The van der Waals surface area contributed by atoms with Gasteiger partial charge in [0.2, 0.25) is 0 Å². The summed E-state index contributed by atoms with van der Waals surface area (Å²) >= 11 is 0. The fraction of sp³-hybridized carbons (Fsp3) is 0.125. The van der Waals surface area contributed by atoms with Crippen molar-refractivity contribution in [1.82, 2.24) is 30.8 Å². The average Bonchev–Trinajstić information content (AvgIpc) is 3.08. The Bertz CT molecular complexity index is 820. The van der Waals surface area contributed by atoms with Gasteiger partial charge in [-0.2, -0.15) is 4.68 Å². The van der Waals surface area contributed by atoms with Crippen LogP contribution in [-0.2, 0) is 13.1 Å². The van der Waals surface area contributed by atoms with Crippen molar-refractivity contribution in [1.29, 1.82) is 0 Å². The third kappa shape index (κ3) is 3.92. The maximum absolute atomic E-state index is 13.3. The molecular formula is C16H15FN6O. The summed E-state index contributed by atoms with van der Waals surface area (Å²) in [6.07, 6.45) is 0. The number of nitrogens with zero attached hydrogens (tertiary/aromatic N) is 4. The van der Waals surface area contributed by atoms with Gasteiger partial charge in [0.1, 0.15) is 5.82 Å². The summed E-state index contributed by atoms with van der Waals surface area (Å²) in [5.74, 6) is 0.0120. The van der Waals surface area contributed by atoms with Crippen LogP contribution in [0.4, 0.5) is 9.18 Å². The van der Waals surface area contributed by atoms with Crippen LogP contribution in [0.25, 0.3) is 5.69 Å². The van der Waals surface area contributed by atoms with Gasteiger partial charge in [0.25, 0.3) is 0 Å². The third-order valence-electron chi connectivity index (χ3n) is 3.29. The van der Waals surface area contributed by atoms with Gasteiger partial charge in [-0.1, -0.05) is 36.4 Å². The number of halogens is 1. The fourth-order valence-corrected chi connectivity index (χ4v) is 2.12. The molecule has 0 saturated carbocycles. The Kier molecular flexibility index (Phi) is 4.76. The standard InChI is InChI=1S/C16H15FN6O/c17-13-7-4-8-14(9-13)23-15(20-21-22-23)11-19-16(24)18-10-12-5-2-1-3-6-12/h1-9H,10-11H2,(H2,18,19,24). The summed E-state index contributed by atoms with van der Waals surface area (Å²) in [6, 6.07) is 15.1. The lowest BCUT2D eigenvalue weighted by Crippen LogP contribution is -2.35. The maximum atomic E-state index is 13.3. The average molecular weight is 326 g/mol. The van der Waals surface area contributed by atoms with E-state index in [2.05, 4.69) is 26.2 Å². The number of hydrogen-bond donors (Lipinski definition) is 2. The molecule has 0 unspecified atom stereocenters. The lowest BCUT2D eigenvalue weighted by atomic mass is 10.2. The normalized spacial score (nSPS) is 10.4. The monoisotopic (exact) mass is 326 g/mol. The lowest BCUT2D eigenvalue weighted by Gasteiger charge is -2.08. The van der Waals surface area contributed by atoms with Gasteiger partial charge in [-0.3, -0.25) is 0 Å². The zero-order chi connectivity index (χ0) is 16.8. The van der Waals surface area contributed by atoms with E-state index >= 15 is 0 Å². The topological polar surface area (TPSA) is 84.7 Å². The van der Waals surface area contributed by atoms with E-state index in [1.165, 1.54) is 16.8 Å². The quantitative estimate of drug-likeness (QED) is 0.749. The molecule has 1 heterocycles. The Labute approximate surface area is 137 Å². The van der Waals surface area contributed by atoms with Crippen molar-refractivity contribution in [3.8, 4) is 5.69 Å². The minimum atomic E-state index is -0.387. The lowest BCUT2D eigenvalue weighted by molar-refractivity contribution is 0.240. The Morgan fingerprint density at radius 1 is 1.04 bits per heavy atom. The Hall–Kier alpha value is -3.29. The number of hydrogen-bond acceptors (Lipinski definition) is 4. The second-order valence-corrected chi connectivity index (χ2v) is 5.01. The highest BCUT2D eigenvalue weighted by molar-refractivity contribution is 5.73. The van der Waals surface area contributed by atoms with E-state index in [1.807, 2.05) is 30.3 Å². The van der Waals surface area contributed by atoms with Crippen molar-refractivity contribution < 1.29 is 9.18 Å².